The molecule has 31 heavy (non-hydrogen) atoms. The van der Waals surface area contributed by atoms with E-state index in [2.05, 4.69) is 26.5 Å². The van der Waals surface area contributed by atoms with Gasteiger partial charge < -0.3 is 15.0 Å². The maximum absolute atomic E-state index is 14.6. The van der Waals surface area contributed by atoms with Crippen LogP contribution in [0.25, 0.3) is 21.8 Å². The minimum Gasteiger partial charge on any atom is -0.379 e. The Morgan fingerprint density at radius 2 is 2.29 bits per heavy atom. The molecule has 8 nitrogen and oxygen atoms in total. The maximum atomic E-state index is 14.6. The number of aromatic amines is 1. The fraction of sp³-hybridized carbons (Fsp3) is 0.238. The first-order chi connectivity index (χ1) is 15.0. The zero-order valence-electron chi connectivity index (χ0n) is 16.2. The highest BCUT2D eigenvalue weighted by atomic mass is 35.5. The number of hydrogen-bond donors (Lipinski definition) is 2. The van der Waals surface area contributed by atoms with Crippen LogP contribution in [0, 0.1) is 17.1 Å². The number of halogens is 2. The second kappa shape index (κ2) is 7.34. The van der Waals surface area contributed by atoms with E-state index in [4.69, 9.17) is 16.3 Å². The van der Waals surface area contributed by atoms with E-state index >= 15 is 0 Å². The number of rotatable bonds is 4. The monoisotopic (exact) mass is 438 g/mol. The second-order valence-corrected chi connectivity index (χ2v) is 7.87. The number of pyridine rings is 2. The van der Waals surface area contributed by atoms with Gasteiger partial charge in [0.05, 0.1) is 29.6 Å². The number of fused-ring (bicyclic) bond motifs is 2. The van der Waals surface area contributed by atoms with Crippen molar-refractivity contribution < 1.29 is 9.13 Å². The van der Waals surface area contributed by atoms with Gasteiger partial charge in [-0.15, -0.1) is 0 Å². The standard InChI is InChI=1S/C21H16ClFN6O2/c22-14-1-6-25-18-13(14)9-12(10-15(18)23)27-19-17-16(2-7-26-20(17)30)29(28-19)21(3-5-24)4-8-31-11-21/h1-2,6-7,9-10H,3-4,8,11H2,(H,26,30)(H,27,28). The minimum atomic E-state index is -0.678. The lowest BCUT2D eigenvalue weighted by atomic mass is 9.95. The highest BCUT2D eigenvalue weighted by Gasteiger charge is 2.39. The van der Waals surface area contributed by atoms with E-state index in [1.807, 2.05) is 0 Å². The molecule has 1 aromatic carbocycles. The Morgan fingerprint density at radius 1 is 1.42 bits per heavy atom. The SMILES string of the molecule is N#CCC1(n2nc(Nc3cc(F)c4nccc(Cl)c4c3)c3c(=O)[nH]ccc32)CCOC1. The zero-order chi connectivity index (χ0) is 21.6. The molecule has 1 saturated heterocycles. The van der Waals surface area contributed by atoms with Crippen molar-refractivity contribution in [3.8, 4) is 6.07 Å². The highest BCUT2D eigenvalue weighted by Crippen LogP contribution is 2.36. The Labute approximate surface area is 180 Å². The van der Waals surface area contributed by atoms with Crippen molar-refractivity contribution in [1.29, 1.82) is 5.26 Å². The van der Waals surface area contributed by atoms with Gasteiger partial charge in [0.15, 0.2) is 11.6 Å². The van der Waals surface area contributed by atoms with Crippen LogP contribution < -0.4 is 10.9 Å². The summed E-state index contributed by atoms with van der Waals surface area (Å²) in [6.07, 6.45) is 3.74. The molecule has 3 aromatic heterocycles. The first kappa shape index (κ1) is 19.5. The molecular formula is C21H16ClFN6O2. The van der Waals surface area contributed by atoms with Gasteiger partial charge in [-0.25, -0.2) is 4.39 Å². The molecule has 0 spiro atoms. The molecule has 10 heteroatoms. The van der Waals surface area contributed by atoms with Gasteiger partial charge in [-0.3, -0.25) is 14.5 Å². The van der Waals surface area contributed by atoms with Crippen molar-refractivity contribution in [2.45, 2.75) is 18.4 Å². The number of benzene rings is 1. The Kier molecular flexibility index (Phi) is 4.61. The van der Waals surface area contributed by atoms with Gasteiger partial charge in [0.2, 0.25) is 0 Å². The normalized spacial score (nSPS) is 18.5. The number of H-pyrrole nitrogens is 1. The van der Waals surface area contributed by atoms with E-state index in [0.29, 0.717) is 46.6 Å². The summed E-state index contributed by atoms with van der Waals surface area (Å²) in [5.74, 6) is -0.301. The minimum absolute atomic E-state index is 0.155. The fourth-order valence-corrected chi connectivity index (χ4v) is 4.24. The highest BCUT2D eigenvalue weighted by molar-refractivity contribution is 6.35. The third kappa shape index (κ3) is 3.12. The van der Waals surface area contributed by atoms with Gasteiger partial charge in [0.25, 0.3) is 5.56 Å². The van der Waals surface area contributed by atoms with Gasteiger partial charge >= 0.3 is 0 Å². The molecule has 0 bridgehead atoms. The Bertz CT molecular complexity index is 1420. The van der Waals surface area contributed by atoms with Gasteiger partial charge in [-0.05, 0) is 30.7 Å². The fourth-order valence-electron chi connectivity index (χ4n) is 4.04. The average molecular weight is 439 g/mol. The van der Waals surface area contributed by atoms with Gasteiger partial charge in [0, 0.05) is 30.1 Å². The van der Waals surface area contributed by atoms with Crippen molar-refractivity contribution in [3.63, 3.8) is 0 Å². The molecule has 0 aliphatic carbocycles. The van der Waals surface area contributed by atoms with E-state index in [9.17, 15) is 14.4 Å². The van der Waals surface area contributed by atoms with Crippen LogP contribution in [0.5, 0.6) is 0 Å². The molecule has 1 atom stereocenters. The van der Waals surface area contributed by atoms with Crippen LogP contribution in [-0.2, 0) is 10.3 Å². The van der Waals surface area contributed by atoms with Crippen LogP contribution in [0.4, 0.5) is 15.9 Å². The first-order valence-corrected chi connectivity index (χ1v) is 9.97. The molecule has 1 unspecified atom stereocenters. The summed E-state index contributed by atoms with van der Waals surface area (Å²) >= 11 is 6.21. The molecule has 1 aliphatic heterocycles. The number of hydrogen-bond acceptors (Lipinski definition) is 6. The summed E-state index contributed by atoms with van der Waals surface area (Å²) in [6.45, 7) is 0.811. The smallest absolute Gasteiger partial charge is 0.261 e. The molecule has 0 radical (unpaired) electrons. The topological polar surface area (TPSA) is 109 Å². The van der Waals surface area contributed by atoms with Crippen molar-refractivity contribution in [1.82, 2.24) is 19.7 Å². The molecule has 156 valence electrons. The van der Waals surface area contributed by atoms with E-state index in [-0.39, 0.29) is 23.3 Å². The molecule has 0 saturated carbocycles. The van der Waals surface area contributed by atoms with Crippen LogP contribution in [0.15, 0.2) is 41.5 Å². The lowest BCUT2D eigenvalue weighted by Gasteiger charge is -2.25. The number of ether oxygens (including phenoxy) is 1. The first-order valence-electron chi connectivity index (χ1n) is 9.59. The van der Waals surface area contributed by atoms with E-state index in [0.717, 1.165) is 0 Å². The molecule has 0 amide bonds. The van der Waals surface area contributed by atoms with Crippen LogP contribution in [0.2, 0.25) is 5.02 Å². The predicted octanol–water partition coefficient (Wildman–Crippen LogP) is 3.84. The van der Waals surface area contributed by atoms with Crippen molar-refractivity contribution >= 4 is 44.9 Å². The Balaban J connectivity index is 1.68. The van der Waals surface area contributed by atoms with Gasteiger partial charge in [-0.2, -0.15) is 10.4 Å². The lowest BCUT2D eigenvalue weighted by molar-refractivity contribution is 0.151. The van der Waals surface area contributed by atoms with E-state index in [1.165, 1.54) is 18.5 Å². The summed E-state index contributed by atoms with van der Waals surface area (Å²) in [5.41, 5.74) is 0.0584. The average Bonchev–Trinajstić information content (AvgIpc) is 3.36. The zero-order valence-corrected chi connectivity index (χ0v) is 16.9. The molecular weight excluding hydrogens is 423 g/mol. The van der Waals surface area contributed by atoms with Crippen LogP contribution in [-0.4, -0.2) is 33.0 Å². The second-order valence-electron chi connectivity index (χ2n) is 7.46. The van der Waals surface area contributed by atoms with Gasteiger partial charge in [-0.1, -0.05) is 11.6 Å². The number of anilines is 2. The molecule has 4 heterocycles. The number of aromatic nitrogens is 4. The predicted molar refractivity (Wildman–Crippen MR) is 114 cm³/mol. The largest absolute Gasteiger partial charge is 0.379 e. The quantitative estimate of drug-likeness (QED) is 0.501. The van der Waals surface area contributed by atoms with Crippen molar-refractivity contribution in [2.75, 3.05) is 18.5 Å². The summed E-state index contributed by atoms with van der Waals surface area (Å²) in [7, 11) is 0. The van der Waals surface area contributed by atoms with Crippen LogP contribution in [0.1, 0.15) is 12.8 Å². The van der Waals surface area contributed by atoms with Crippen molar-refractivity contribution in [3.05, 3.63) is 57.9 Å². The molecule has 2 N–H and O–H groups in total. The van der Waals surface area contributed by atoms with Crippen molar-refractivity contribution in [2.24, 2.45) is 0 Å². The molecule has 1 fully saturated rings. The Morgan fingerprint density at radius 3 is 3.06 bits per heavy atom. The molecule has 1 aliphatic rings. The van der Waals surface area contributed by atoms with Gasteiger partial charge in [0.1, 0.15) is 16.4 Å². The van der Waals surface area contributed by atoms with E-state index in [1.54, 1.807) is 22.9 Å². The summed E-state index contributed by atoms with van der Waals surface area (Å²) < 4.78 is 21.9. The third-order valence-electron chi connectivity index (χ3n) is 5.55. The Hall–Kier alpha value is -3.48. The number of nitriles is 1. The lowest BCUT2D eigenvalue weighted by Crippen LogP contribution is -2.34. The molecule has 4 aromatic rings. The van der Waals surface area contributed by atoms with Crippen LogP contribution >= 0.6 is 11.6 Å². The molecule has 5 rings (SSSR count). The summed E-state index contributed by atoms with van der Waals surface area (Å²) in [4.78, 5) is 19.3. The number of nitrogens with zero attached hydrogens (tertiary/aromatic N) is 4. The summed E-state index contributed by atoms with van der Waals surface area (Å²) in [5, 5.41) is 18.2. The third-order valence-corrected chi connectivity index (χ3v) is 5.88. The summed E-state index contributed by atoms with van der Waals surface area (Å²) in [6, 6.07) is 8.44. The van der Waals surface area contributed by atoms with E-state index < -0.39 is 11.4 Å². The maximum Gasteiger partial charge on any atom is 0.261 e. The number of nitrogens with one attached hydrogen (secondary N) is 2. The van der Waals surface area contributed by atoms with Crippen LogP contribution in [0.3, 0.4) is 0 Å².